The molecule has 0 saturated carbocycles. The zero-order valence-corrected chi connectivity index (χ0v) is 9.97. The Morgan fingerprint density at radius 1 is 1.11 bits per heavy atom. The molecule has 4 nitrogen and oxygen atoms in total. The van der Waals surface area contributed by atoms with Crippen molar-refractivity contribution in [3.63, 3.8) is 0 Å². The van der Waals surface area contributed by atoms with Crippen molar-refractivity contribution in [2.75, 3.05) is 5.32 Å². The molecule has 1 aliphatic heterocycles. The van der Waals surface area contributed by atoms with Gasteiger partial charge in [0.1, 0.15) is 12.0 Å². The first-order chi connectivity index (χ1) is 8.74. The standard InChI is InChI=1S/C14H13N3O/c1-9-4-6-10(7-5-9)12-16-13-11(14(18)17-12)3-2-8-15-13/h2-8,12H,1H3,(H,15,16)(H,17,18). The number of nitrogens with zero attached hydrogens (tertiary/aromatic N) is 1. The minimum Gasteiger partial charge on any atom is -0.346 e. The van der Waals surface area contributed by atoms with Crippen molar-refractivity contribution in [2.45, 2.75) is 13.1 Å². The van der Waals surface area contributed by atoms with Crippen LogP contribution in [0.5, 0.6) is 0 Å². The van der Waals surface area contributed by atoms with Gasteiger partial charge in [-0.1, -0.05) is 29.8 Å². The SMILES string of the molecule is Cc1ccc(C2NC(=O)c3cccnc3N2)cc1. The second-order valence-corrected chi connectivity index (χ2v) is 4.36. The number of aryl methyl sites for hydroxylation is 1. The normalized spacial score (nSPS) is 17.6. The third kappa shape index (κ3) is 1.82. The number of anilines is 1. The Kier molecular flexibility index (Phi) is 2.48. The summed E-state index contributed by atoms with van der Waals surface area (Å²) in [5, 5.41) is 6.14. The highest BCUT2D eigenvalue weighted by molar-refractivity contribution is 6.00. The van der Waals surface area contributed by atoms with Crippen LogP contribution in [-0.4, -0.2) is 10.9 Å². The summed E-state index contributed by atoms with van der Waals surface area (Å²) >= 11 is 0. The number of fused-ring (bicyclic) bond motifs is 1. The van der Waals surface area contributed by atoms with Crippen LogP contribution < -0.4 is 10.6 Å². The lowest BCUT2D eigenvalue weighted by atomic mass is 10.1. The number of carbonyl (C=O) groups excluding carboxylic acids is 1. The molecule has 0 spiro atoms. The van der Waals surface area contributed by atoms with E-state index in [1.165, 1.54) is 5.56 Å². The molecule has 1 aromatic heterocycles. The Hall–Kier alpha value is -2.36. The van der Waals surface area contributed by atoms with Crippen molar-refractivity contribution in [3.05, 3.63) is 59.3 Å². The van der Waals surface area contributed by atoms with E-state index in [1.54, 1.807) is 18.3 Å². The number of nitrogens with one attached hydrogen (secondary N) is 2. The number of aromatic nitrogens is 1. The van der Waals surface area contributed by atoms with Crippen LogP contribution in [0.25, 0.3) is 0 Å². The summed E-state index contributed by atoms with van der Waals surface area (Å²) in [7, 11) is 0. The van der Waals surface area contributed by atoms with Crippen LogP contribution in [0, 0.1) is 6.92 Å². The molecule has 1 atom stereocenters. The summed E-state index contributed by atoms with van der Waals surface area (Å²) < 4.78 is 0. The van der Waals surface area contributed by atoms with Gasteiger partial charge in [-0.3, -0.25) is 4.79 Å². The van der Waals surface area contributed by atoms with Gasteiger partial charge in [-0.05, 0) is 24.6 Å². The van der Waals surface area contributed by atoms with E-state index in [0.717, 1.165) is 5.56 Å². The van der Waals surface area contributed by atoms with Gasteiger partial charge in [-0.2, -0.15) is 0 Å². The maximum Gasteiger partial charge on any atom is 0.256 e. The van der Waals surface area contributed by atoms with Gasteiger partial charge in [0.15, 0.2) is 0 Å². The Balaban J connectivity index is 1.94. The highest BCUT2D eigenvalue weighted by atomic mass is 16.2. The van der Waals surface area contributed by atoms with Gasteiger partial charge in [-0.25, -0.2) is 4.98 Å². The van der Waals surface area contributed by atoms with Gasteiger partial charge in [0.2, 0.25) is 0 Å². The number of amides is 1. The summed E-state index contributed by atoms with van der Waals surface area (Å²) in [5.74, 6) is 0.536. The van der Waals surface area contributed by atoms with Crippen molar-refractivity contribution >= 4 is 11.7 Å². The number of carbonyl (C=O) groups is 1. The number of rotatable bonds is 1. The van der Waals surface area contributed by atoms with E-state index in [0.29, 0.717) is 11.4 Å². The topological polar surface area (TPSA) is 54.0 Å². The molecule has 3 rings (SSSR count). The quantitative estimate of drug-likeness (QED) is 0.802. The number of pyridine rings is 1. The minimum atomic E-state index is -0.222. The number of hydrogen-bond acceptors (Lipinski definition) is 3. The average Bonchev–Trinajstić information content (AvgIpc) is 2.39. The van der Waals surface area contributed by atoms with E-state index in [1.807, 2.05) is 31.2 Å². The molecule has 18 heavy (non-hydrogen) atoms. The molecule has 0 saturated heterocycles. The molecule has 1 unspecified atom stereocenters. The zero-order valence-electron chi connectivity index (χ0n) is 9.97. The largest absolute Gasteiger partial charge is 0.346 e. The first kappa shape index (κ1) is 10.8. The lowest BCUT2D eigenvalue weighted by Gasteiger charge is -2.27. The summed E-state index contributed by atoms with van der Waals surface area (Å²) in [5.41, 5.74) is 2.80. The summed E-state index contributed by atoms with van der Waals surface area (Å²) in [6.45, 7) is 2.04. The van der Waals surface area contributed by atoms with Crippen LogP contribution in [0.1, 0.15) is 27.7 Å². The van der Waals surface area contributed by atoms with Crippen molar-refractivity contribution in [2.24, 2.45) is 0 Å². The van der Waals surface area contributed by atoms with Crippen LogP contribution in [-0.2, 0) is 0 Å². The molecule has 0 radical (unpaired) electrons. The van der Waals surface area contributed by atoms with Crippen LogP contribution in [0.3, 0.4) is 0 Å². The van der Waals surface area contributed by atoms with Crippen LogP contribution in [0.2, 0.25) is 0 Å². The smallest absolute Gasteiger partial charge is 0.256 e. The fourth-order valence-corrected chi connectivity index (χ4v) is 2.01. The van der Waals surface area contributed by atoms with Crippen LogP contribution in [0.4, 0.5) is 5.82 Å². The zero-order chi connectivity index (χ0) is 12.5. The lowest BCUT2D eigenvalue weighted by molar-refractivity contribution is 0.0935. The Morgan fingerprint density at radius 3 is 2.67 bits per heavy atom. The third-order valence-electron chi connectivity index (χ3n) is 3.02. The molecule has 0 fully saturated rings. The summed E-state index contributed by atoms with van der Waals surface area (Å²) in [4.78, 5) is 16.1. The van der Waals surface area contributed by atoms with E-state index in [-0.39, 0.29) is 12.1 Å². The minimum absolute atomic E-state index is 0.0950. The molecule has 2 N–H and O–H groups in total. The van der Waals surface area contributed by atoms with Crippen molar-refractivity contribution in [1.82, 2.24) is 10.3 Å². The second-order valence-electron chi connectivity index (χ2n) is 4.36. The molecular formula is C14H13N3O. The molecule has 1 aromatic carbocycles. The predicted octanol–water partition coefficient (Wildman–Crippen LogP) is 2.24. The monoisotopic (exact) mass is 239 g/mol. The molecule has 1 amide bonds. The summed E-state index contributed by atoms with van der Waals surface area (Å²) in [6.07, 6.45) is 1.46. The Labute approximate surface area is 105 Å². The molecule has 1 aliphatic rings. The van der Waals surface area contributed by atoms with Gasteiger partial charge >= 0.3 is 0 Å². The summed E-state index contributed by atoms with van der Waals surface area (Å²) in [6, 6.07) is 11.6. The van der Waals surface area contributed by atoms with E-state index < -0.39 is 0 Å². The average molecular weight is 239 g/mol. The van der Waals surface area contributed by atoms with E-state index in [9.17, 15) is 4.79 Å². The van der Waals surface area contributed by atoms with Gasteiger partial charge in [0.05, 0.1) is 5.56 Å². The first-order valence-corrected chi connectivity index (χ1v) is 5.83. The first-order valence-electron chi connectivity index (χ1n) is 5.83. The van der Waals surface area contributed by atoms with E-state index >= 15 is 0 Å². The van der Waals surface area contributed by atoms with Crippen LogP contribution in [0.15, 0.2) is 42.6 Å². The molecule has 0 bridgehead atoms. The second kappa shape index (κ2) is 4.14. The lowest BCUT2D eigenvalue weighted by Crippen LogP contribution is -2.38. The van der Waals surface area contributed by atoms with Crippen molar-refractivity contribution < 1.29 is 4.79 Å². The molecule has 90 valence electrons. The molecule has 2 heterocycles. The van der Waals surface area contributed by atoms with Crippen molar-refractivity contribution in [1.29, 1.82) is 0 Å². The van der Waals surface area contributed by atoms with E-state index in [2.05, 4.69) is 15.6 Å². The number of hydrogen-bond donors (Lipinski definition) is 2. The van der Waals surface area contributed by atoms with Gasteiger partial charge in [0, 0.05) is 6.20 Å². The fourth-order valence-electron chi connectivity index (χ4n) is 2.01. The molecule has 0 aliphatic carbocycles. The van der Waals surface area contributed by atoms with Gasteiger partial charge in [-0.15, -0.1) is 0 Å². The van der Waals surface area contributed by atoms with Crippen molar-refractivity contribution in [3.8, 4) is 0 Å². The number of benzene rings is 1. The molecular weight excluding hydrogens is 226 g/mol. The highest BCUT2D eigenvalue weighted by Gasteiger charge is 2.24. The third-order valence-corrected chi connectivity index (χ3v) is 3.02. The van der Waals surface area contributed by atoms with Gasteiger partial charge < -0.3 is 10.6 Å². The highest BCUT2D eigenvalue weighted by Crippen LogP contribution is 2.24. The Morgan fingerprint density at radius 2 is 1.89 bits per heavy atom. The maximum absolute atomic E-state index is 11.9. The molecule has 2 aromatic rings. The Bertz CT molecular complexity index is 592. The van der Waals surface area contributed by atoms with E-state index in [4.69, 9.17) is 0 Å². The maximum atomic E-state index is 11.9. The molecule has 4 heteroatoms. The van der Waals surface area contributed by atoms with Gasteiger partial charge in [0.25, 0.3) is 5.91 Å². The fraction of sp³-hybridized carbons (Fsp3) is 0.143. The van der Waals surface area contributed by atoms with Crippen LogP contribution >= 0.6 is 0 Å². The predicted molar refractivity (Wildman–Crippen MR) is 69.2 cm³/mol.